The van der Waals surface area contributed by atoms with Crippen molar-refractivity contribution in [2.45, 2.75) is 19.6 Å². The first-order valence-electron chi connectivity index (χ1n) is 7.98. The number of benzene rings is 1. The molecule has 0 aliphatic carbocycles. The van der Waals surface area contributed by atoms with Gasteiger partial charge in [0.2, 0.25) is 0 Å². The third kappa shape index (κ3) is 4.22. The molecule has 1 aromatic heterocycles. The molecule has 1 aliphatic rings. The van der Waals surface area contributed by atoms with Gasteiger partial charge in [-0.1, -0.05) is 29.8 Å². The fraction of sp³-hybridized carbons (Fsp3) is 0.389. The molecule has 0 saturated carbocycles. The molecule has 5 heteroatoms. The van der Waals surface area contributed by atoms with Crippen LogP contribution >= 0.6 is 11.6 Å². The van der Waals surface area contributed by atoms with Crippen molar-refractivity contribution in [3.8, 4) is 0 Å². The van der Waals surface area contributed by atoms with Crippen LogP contribution in [0.15, 0.2) is 42.5 Å². The Balaban J connectivity index is 1.59. The average molecular weight is 332 g/mol. The number of nitrogens with zero attached hydrogens (tertiary/aromatic N) is 3. The molecule has 0 unspecified atom stereocenters. The van der Waals surface area contributed by atoms with Crippen molar-refractivity contribution in [1.29, 1.82) is 0 Å². The first-order valence-corrected chi connectivity index (χ1v) is 8.36. The Hall–Kier alpha value is -1.62. The second-order valence-corrected chi connectivity index (χ2v) is 6.43. The lowest BCUT2D eigenvalue weighted by Crippen LogP contribution is -2.46. The quantitative estimate of drug-likeness (QED) is 0.934. The number of aliphatic hydroxyl groups is 1. The van der Waals surface area contributed by atoms with Gasteiger partial charge in [0.25, 0.3) is 0 Å². The lowest BCUT2D eigenvalue weighted by atomic mass is 10.2. The first kappa shape index (κ1) is 16.2. The number of hydrogen-bond donors (Lipinski definition) is 1. The molecule has 1 aromatic carbocycles. The minimum Gasteiger partial charge on any atom is -0.387 e. The minimum absolute atomic E-state index is 0.529. The molecule has 2 aromatic rings. The fourth-order valence-corrected chi connectivity index (χ4v) is 3.09. The molecule has 4 nitrogen and oxygen atoms in total. The SMILES string of the molecule is C[C@@H](O)c1cccc(N2CCN(Cc3cccc(Cl)c3)CC2)n1. The molecule has 1 atom stereocenters. The summed E-state index contributed by atoms with van der Waals surface area (Å²) in [4.78, 5) is 9.27. The van der Waals surface area contributed by atoms with E-state index in [4.69, 9.17) is 11.6 Å². The summed E-state index contributed by atoms with van der Waals surface area (Å²) in [5.41, 5.74) is 1.98. The van der Waals surface area contributed by atoms with Crippen LogP contribution in [0.25, 0.3) is 0 Å². The van der Waals surface area contributed by atoms with Crippen LogP contribution in [0.2, 0.25) is 5.02 Å². The first-order chi connectivity index (χ1) is 11.1. The highest BCUT2D eigenvalue weighted by Crippen LogP contribution is 2.19. The fourth-order valence-electron chi connectivity index (χ4n) is 2.88. The molecular weight excluding hydrogens is 310 g/mol. The predicted molar refractivity (Wildman–Crippen MR) is 93.8 cm³/mol. The Labute approximate surface area is 142 Å². The Morgan fingerprint density at radius 1 is 1.13 bits per heavy atom. The van der Waals surface area contributed by atoms with Gasteiger partial charge in [-0.15, -0.1) is 0 Å². The van der Waals surface area contributed by atoms with Gasteiger partial charge < -0.3 is 10.0 Å². The van der Waals surface area contributed by atoms with Crippen molar-refractivity contribution in [1.82, 2.24) is 9.88 Å². The van der Waals surface area contributed by atoms with Gasteiger partial charge in [0.15, 0.2) is 0 Å². The summed E-state index contributed by atoms with van der Waals surface area (Å²) in [5.74, 6) is 0.950. The van der Waals surface area contributed by atoms with Crippen LogP contribution in [0.4, 0.5) is 5.82 Å². The lowest BCUT2D eigenvalue weighted by molar-refractivity contribution is 0.194. The summed E-state index contributed by atoms with van der Waals surface area (Å²) in [6.45, 7) is 6.54. The predicted octanol–water partition coefficient (Wildman–Crippen LogP) is 3.11. The number of pyridine rings is 1. The maximum Gasteiger partial charge on any atom is 0.129 e. The van der Waals surface area contributed by atoms with E-state index in [0.717, 1.165) is 49.3 Å². The summed E-state index contributed by atoms with van der Waals surface area (Å²) in [6, 6.07) is 13.9. The van der Waals surface area contributed by atoms with Crippen LogP contribution in [0, 0.1) is 0 Å². The van der Waals surface area contributed by atoms with E-state index in [9.17, 15) is 5.11 Å². The zero-order valence-corrected chi connectivity index (χ0v) is 14.1. The molecule has 122 valence electrons. The largest absolute Gasteiger partial charge is 0.387 e. The van der Waals surface area contributed by atoms with E-state index in [1.807, 2.05) is 36.4 Å². The molecule has 2 heterocycles. The standard InChI is InChI=1S/C18H22ClN3O/c1-14(23)17-6-3-7-18(20-17)22-10-8-21(9-11-22)13-15-4-2-5-16(19)12-15/h2-7,12,14,23H,8-11,13H2,1H3/t14-/m1/s1. The van der Waals surface area contributed by atoms with E-state index in [1.54, 1.807) is 6.92 Å². The molecule has 0 bridgehead atoms. The summed E-state index contributed by atoms with van der Waals surface area (Å²) in [7, 11) is 0. The van der Waals surface area contributed by atoms with Crippen molar-refractivity contribution in [2.75, 3.05) is 31.1 Å². The van der Waals surface area contributed by atoms with E-state index in [2.05, 4.69) is 20.9 Å². The zero-order chi connectivity index (χ0) is 16.2. The van der Waals surface area contributed by atoms with Gasteiger partial charge in [-0.25, -0.2) is 4.98 Å². The number of rotatable bonds is 4. The van der Waals surface area contributed by atoms with Gasteiger partial charge in [0.05, 0.1) is 11.8 Å². The summed E-state index contributed by atoms with van der Waals surface area (Å²) in [5, 5.41) is 10.5. The topological polar surface area (TPSA) is 39.6 Å². The molecule has 1 fully saturated rings. The van der Waals surface area contributed by atoms with E-state index in [-0.39, 0.29) is 0 Å². The van der Waals surface area contributed by atoms with Crippen molar-refractivity contribution in [2.24, 2.45) is 0 Å². The highest BCUT2D eigenvalue weighted by atomic mass is 35.5. The molecule has 1 aliphatic heterocycles. The Bertz CT molecular complexity index is 654. The number of anilines is 1. The molecular formula is C18H22ClN3O. The third-order valence-electron chi connectivity index (χ3n) is 4.18. The number of aliphatic hydroxyl groups excluding tert-OH is 1. The number of hydrogen-bond acceptors (Lipinski definition) is 4. The van der Waals surface area contributed by atoms with Crippen molar-refractivity contribution in [3.63, 3.8) is 0 Å². The van der Waals surface area contributed by atoms with Crippen LogP contribution < -0.4 is 4.90 Å². The van der Waals surface area contributed by atoms with Crippen LogP contribution in [-0.2, 0) is 6.54 Å². The molecule has 23 heavy (non-hydrogen) atoms. The van der Waals surface area contributed by atoms with Crippen molar-refractivity contribution in [3.05, 3.63) is 58.7 Å². The Morgan fingerprint density at radius 3 is 2.57 bits per heavy atom. The normalized spacial score (nSPS) is 17.3. The van der Waals surface area contributed by atoms with Gasteiger partial charge in [-0.2, -0.15) is 0 Å². The molecule has 0 radical (unpaired) electrons. The van der Waals surface area contributed by atoms with Crippen LogP contribution in [0.1, 0.15) is 24.3 Å². The maximum atomic E-state index is 9.68. The molecule has 0 spiro atoms. The van der Waals surface area contributed by atoms with Crippen LogP contribution in [0.5, 0.6) is 0 Å². The van der Waals surface area contributed by atoms with Crippen LogP contribution in [0.3, 0.4) is 0 Å². The number of aromatic nitrogens is 1. The third-order valence-corrected chi connectivity index (χ3v) is 4.41. The minimum atomic E-state index is -0.529. The molecule has 3 rings (SSSR count). The summed E-state index contributed by atoms with van der Waals surface area (Å²) < 4.78 is 0. The lowest BCUT2D eigenvalue weighted by Gasteiger charge is -2.35. The second kappa shape index (κ2) is 7.30. The monoisotopic (exact) mass is 331 g/mol. The summed E-state index contributed by atoms with van der Waals surface area (Å²) in [6.07, 6.45) is -0.529. The van der Waals surface area contributed by atoms with E-state index in [0.29, 0.717) is 0 Å². The highest BCUT2D eigenvalue weighted by Gasteiger charge is 2.18. The van der Waals surface area contributed by atoms with Crippen molar-refractivity contribution < 1.29 is 5.11 Å². The van der Waals surface area contributed by atoms with E-state index >= 15 is 0 Å². The number of piperazine rings is 1. The smallest absolute Gasteiger partial charge is 0.129 e. The van der Waals surface area contributed by atoms with Crippen molar-refractivity contribution >= 4 is 17.4 Å². The molecule has 0 amide bonds. The molecule has 1 N–H and O–H groups in total. The van der Waals surface area contributed by atoms with Gasteiger partial charge in [-0.3, -0.25) is 4.90 Å². The zero-order valence-electron chi connectivity index (χ0n) is 13.3. The van der Waals surface area contributed by atoms with Gasteiger partial charge in [0.1, 0.15) is 5.82 Å². The summed E-state index contributed by atoms with van der Waals surface area (Å²) >= 11 is 6.05. The average Bonchev–Trinajstić information content (AvgIpc) is 2.56. The van der Waals surface area contributed by atoms with E-state index < -0.39 is 6.10 Å². The number of halogens is 1. The van der Waals surface area contributed by atoms with Gasteiger partial charge >= 0.3 is 0 Å². The Kier molecular flexibility index (Phi) is 5.16. The second-order valence-electron chi connectivity index (χ2n) is 5.99. The van der Waals surface area contributed by atoms with E-state index in [1.165, 1.54) is 5.56 Å². The molecule has 1 saturated heterocycles. The Morgan fingerprint density at radius 2 is 1.87 bits per heavy atom. The maximum absolute atomic E-state index is 9.68. The van der Waals surface area contributed by atoms with Crippen LogP contribution in [-0.4, -0.2) is 41.2 Å². The van der Waals surface area contributed by atoms with Gasteiger partial charge in [-0.05, 0) is 36.8 Å². The highest BCUT2D eigenvalue weighted by molar-refractivity contribution is 6.30. The van der Waals surface area contributed by atoms with Gasteiger partial charge in [0, 0.05) is 37.7 Å².